The molecular formula is C21H21N3O4. The van der Waals surface area contributed by atoms with Gasteiger partial charge in [0.2, 0.25) is 11.7 Å². The number of aromatic nitrogens is 2. The molecule has 0 saturated carbocycles. The second-order valence-electron chi connectivity index (χ2n) is 6.52. The van der Waals surface area contributed by atoms with Gasteiger partial charge in [0, 0.05) is 12.1 Å². The molecule has 4 rings (SSSR count). The van der Waals surface area contributed by atoms with Gasteiger partial charge in [-0.3, -0.25) is 4.79 Å². The number of carbonyl (C=O) groups excluding carboxylic acids is 1. The highest BCUT2D eigenvalue weighted by Crippen LogP contribution is 2.37. The van der Waals surface area contributed by atoms with Gasteiger partial charge < -0.3 is 18.9 Å². The molecule has 1 atom stereocenters. The number of amides is 1. The lowest BCUT2D eigenvalue weighted by atomic mass is 10.1. The number of nitrogens with zero attached hydrogens (tertiary/aromatic N) is 3. The smallest absolute Gasteiger partial charge is 0.262 e. The molecule has 7 heteroatoms. The molecule has 0 aliphatic carbocycles. The minimum absolute atomic E-state index is 0.170. The van der Waals surface area contributed by atoms with E-state index in [-0.39, 0.29) is 11.9 Å². The van der Waals surface area contributed by atoms with Crippen molar-refractivity contribution in [2.45, 2.75) is 18.9 Å². The Hall–Kier alpha value is -3.35. The van der Waals surface area contributed by atoms with Gasteiger partial charge in [0.1, 0.15) is 23.1 Å². The number of hydrogen-bond acceptors (Lipinski definition) is 6. The van der Waals surface area contributed by atoms with Crippen LogP contribution < -0.4 is 9.47 Å². The average molecular weight is 379 g/mol. The molecule has 2 aromatic carbocycles. The average Bonchev–Trinajstić information content (AvgIpc) is 3.42. The molecule has 3 aromatic rings. The summed E-state index contributed by atoms with van der Waals surface area (Å²) in [6.07, 6.45) is 1.62. The largest absolute Gasteiger partial charge is 0.496 e. The van der Waals surface area contributed by atoms with Crippen molar-refractivity contribution in [1.29, 1.82) is 0 Å². The monoisotopic (exact) mass is 379 g/mol. The van der Waals surface area contributed by atoms with Crippen LogP contribution >= 0.6 is 0 Å². The highest BCUT2D eigenvalue weighted by Gasteiger charge is 2.36. The Kier molecular flexibility index (Phi) is 4.97. The molecular weight excluding hydrogens is 358 g/mol. The van der Waals surface area contributed by atoms with E-state index in [9.17, 15) is 4.79 Å². The summed E-state index contributed by atoms with van der Waals surface area (Å²) >= 11 is 0. The molecule has 7 nitrogen and oxygen atoms in total. The Bertz CT molecular complexity index is 949. The standard InChI is InChI=1S/C21H21N3O4/c1-26-16-11-6-12-17(27-2)18(16)21(25)24-13-7-10-15(24)20-22-19(23-28-20)14-8-4-3-5-9-14/h3-6,8-9,11-12,15H,7,10,13H2,1-2H3. The third kappa shape index (κ3) is 3.19. The SMILES string of the molecule is COc1cccc(OC)c1C(=O)N1CCCC1c1nc(-c2ccccc2)no1. The minimum atomic E-state index is -0.271. The normalized spacial score (nSPS) is 16.2. The zero-order chi connectivity index (χ0) is 19.5. The second-order valence-corrected chi connectivity index (χ2v) is 6.52. The maximum atomic E-state index is 13.3. The Morgan fingerprint density at radius 1 is 1.07 bits per heavy atom. The summed E-state index contributed by atoms with van der Waals surface area (Å²) in [7, 11) is 3.08. The van der Waals surface area contributed by atoms with Crippen LogP contribution in [0.1, 0.15) is 35.1 Å². The van der Waals surface area contributed by atoms with E-state index in [0.29, 0.717) is 35.3 Å². The summed E-state index contributed by atoms with van der Waals surface area (Å²) in [5, 5.41) is 4.09. The first-order chi connectivity index (χ1) is 13.7. The van der Waals surface area contributed by atoms with E-state index in [2.05, 4.69) is 10.1 Å². The molecule has 0 bridgehead atoms. The Morgan fingerprint density at radius 2 is 1.79 bits per heavy atom. The molecule has 1 fully saturated rings. The van der Waals surface area contributed by atoms with Crippen molar-refractivity contribution in [2.24, 2.45) is 0 Å². The fourth-order valence-electron chi connectivity index (χ4n) is 3.55. The van der Waals surface area contributed by atoms with Crippen molar-refractivity contribution >= 4 is 5.91 Å². The zero-order valence-corrected chi connectivity index (χ0v) is 15.8. The second kappa shape index (κ2) is 7.72. The fourth-order valence-corrected chi connectivity index (χ4v) is 3.55. The van der Waals surface area contributed by atoms with Crippen molar-refractivity contribution in [3.63, 3.8) is 0 Å². The number of methoxy groups -OCH3 is 2. The third-order valence-electron chi connectivity index (χ3n) is 4.91. The molecule has 1 aliphatic heterocycles. The summed E-state index contributed by atoms with van der Waals surface area (Å²) < 4.78 is 16.3. The van der Waals surface area contributed by atoms with Gasteiger partial charge in [-0.15, -0.1) is 0 Å². The first kappa shape index (κ1) is 18.0. The molecule has 2 heterocycles. The predicted molar refractivity (Wildman–Crippen MR) is 102 cm³/mol. The van der Waals surface area contributed by atoms with Crippen LogP contribution in [0.15, 0.2) is 53.1 Å². The number of hydrogen-bond donors (Lipinski definition) is 0. The maximum absolute atomic E-state index is 13.3. The summed E-state index contributed by atoms with van der Waals surface area (Å²) in [4.78, 5) is 19.6. The topological polar surface area (TPSA) is 77.7 Å². The van der Waals surface area contributed by atoms with Gasteiger partial charge in [-0.2, -0.15) is 4.98 Å². The van der Waals surface area contributed by atoms with E-state index >= 15 is 0 Å². The van der Waals surface area contributed by atoms with Crippen molar-refractivity contribution < 1.29 is 18.8 Å². The van der Waals surface area contributed by atoms with E-state index in [1.165, 1.54) is 14.2 Å². The summed E-state index contributed by atoms with van der Waals surface area (Å²) in [5.41, 5.74) is 1.28. The van der Waals surface area contributed by atoms with Crippen LogP contribution in [0.4, 0.5) is 0 Å². The zero-order valence-electron chi connectivity index (χ0n) is 15.8. The predicted octanol–water partition coefficient (Wildman–Crippen LogP) is 3.73. The van der Waals surface area contributed by atoms with Crippen LogP contribution in [-0.2, 0) is 0 Å². The lowest BCUT2D eigenvalue weighted by Gasteiger charge is -2.23. The van der Waals surface area contributed by atoms with Crippen LogP contribution in [0.2, 0.25) is 0 Å². The van der Waals surface area contributed by atoms with Crippen LogP contribution in [0.3, 0.4) is 0 Å². The summed E-state index contributed by atoms with van der Waals surface area (Å²) in [5.74, 6) is 1.75. The Balaban J connectivity index is 1.65. The highest BCUT2D eigenvalue weighted by molar-refractivity contribution is 6.00. The van der Waals surface area contributed by atoms with E-state index in [1.807, 2.05) is 30.3 Å². The van der Waals surface area contributed by atoms with Crippen LogP contribution in [0, 0.1) is 0 Å². The molecule has 1 unspecified atom stereocenters. The molecule has 1 aromatic heterocycles. The van der Waals surface area contributed by atoms with Gasteiger partial charge in [0.15, 0.2) is 0 Å². The van der Waals surface area contributed by atoms with Gasteiger partial charge in [0.25, 0.3) is 5.91 Å². The minimum Gasteiger partial charge on any atom is -0.496 e. The fraction of sp³-hybridized carbons (Fsp3) is 0.286. The highest BCUT2D eigenvalue weighted by atomic mass is 16.5. The van der Waals surface area contributed by atoms with Crippen molar-refractivity contribution in [3.05, 3.63) is 60.0 Å². The first-order valence-corrected chi connectivity index (χ1v) is 9.14. The summed E-state index contributed by atoms with van der Waals surface area (Å²) in [6, 6.07) is 14.6. The first-order valence-electron chi connectivity index (χ1n) is 9.14. The van der Waals surface area contributed by atoms with Crippen LogP contribution in [0.25, 0.3) is 11.4 Å². The molecule has 144 valence electrons. The third-order valence-corrected chi connectivity index (χ3v) is 4.91. The lowest BCUT2D eigenvalue weighted by molar-refractivity contribution is 0.0703. The molecule has 1 aliphatic rings. The van der Waals surface area contributed by atoms with Crippen molar-refractivity contribution in [3.8, 4) is 22.9 Å². The Labute approximate surface area is 162 Å². The molecule has 0 N–H and O–H groups in total. The maximum Gasteiger partial charge on any atom is 0.262 e. The van der Waals surface area contributed by atoms with Gasteiger partial charge in [-0.1, -0.05) is 41.6 Å². The number of benzene rings is 2. The van der Waals surface area contributed by atoms with E-state index < -0.39 is 0 Å². The number of carbonyl (C=O) groups is 1. The molecule has 28 heavy (non-hydrogen) atoms. The van der Waals surface area contributed by atoms with Crippen LogP contribution in [0.5, 0.6) is 11.5 Å². The van der Waals surface area contributed by atoms with E-state index in [4.69, 9.17) is 14.0 Å². The number of ether oxygens (including phenoxy) is 2. The Morgan fingerprint density at radius 3 is 2.46 bits per heavy atom. The van der Waals surface area contributed by atoms with Gasteiger partial charge in [0.05, 0.1) is 14.2 Å². The number of rotatable bonds is 5. The summed E-state index contributed by atoms with van der Waals surface area (Å²) in [6.45, 7) is 0.605. The van der Waals surface area contributed by atoms with Crippen molar-refractivity contribution in [2.75, 3.05) is 20.8 Å². The quantitative estimate of drug-likeness (QED) is 0.672. The van der Waals surface area contributed by atoms with E-state index in [1.54, 1.807) is 23.1 Å². The molecule has 0 radical (unpaired) electrons. The van der Waals surface area contributed by atoms with Gasteiger partial charge in [-0.05, 0) is 25.0 Å². The van der Waals surface area contributed by atoms with Gasteiger partial charge in [-0.25, -0.2) is 0 Å². The molecule has 1 saturated heterocycles. The lowest BCUT2D eigenvalue weighted by Crippen LogP contribution is -2.31. The van der Waals surface area contributed by atoms with Gasteiger partial charge >= 0.3 is 0 Å². The molecule has 0 spiro atoms. The van der Waals surface area contributed by atoms with Crippen LogP contribution in [-0.4, -0.2) is 41.7 Å². The number of likely N-dealkylation sites (tertiary alicyclic amines) is 1. The molecule has 1 amide bonds. The van der Waals surface area contributed by atoms with E-state index in [0.717, 1.165) is 18.4 Å². The van der Waals surface area contributed by atoms with Crippen molar-refractivity contribution in [1.82, 2.24) is 15.0 Å².